The van der Waals surface area contributed by atoms with Crippen LogP contribution in [0.15, 0.2) is 65.3 Å². The number of carbonyl (C=O) groups is 1. The van der Waals surface area contributed by atoms with E-state index in [9.17, 15) is 4.79 Å². The van der Waals surface area contributed by atoms with Gasteiger partial charge in [-0.25, -0.2) is 4.98 Å². The van der Waals surface area contributed by atoms with E-state index in [0.29, 0.717) is 10.9 Å². The van der Waals surface area contributed by atoms with Crippen LogP contribution in [0.4, 0.5) is 5.13 Å². The second-order valence-corrected chi connectivity index (χ2v) is 6.48. The van der Waals surface area contributed by atoms with Crippen molar-refractivity contribution in [3.63, 3.8) is 0 Å². The Morgan fingerprint density at radius 2 is 1.96 bits per heavy atom. The lowest BCUT2D eigenvalue weighted by Crippen LogP contribution is -2.11. The molecule has 0 aliphatic carbocycles. The van der Waals surface area contributed by atoms with E-state index in [1.54, 1.807) is 6.07 Å². The minimum absolute atomic E-state index is 0.298. The number of nitrogens with one attached hydrogen (secondary N) is 1. The lowest BCUT2D eigenvalue weighted by Gasteiger charge is -2.04. The molecule has 0 radical (unpaired) electrons. The molecular formula is C19H14N2O3S. The Bertz CT molecular complexity index is 1040. The third-order valence-electron chi connectivity index (χ3n) is 3.63. The van der Waals surface area contributed by atoms with Crippen molar-refractivity contribution in [2.75, 3.05) is 5.32 Å². The van der Waals surface area contributed by atoms with Gasteiger partial charge >= 0.3 is 0 Å². The molecule has 0 saturated heterocycles. The van der Waals surface area contributed by atoms with Crippen LogP contribution in [0.5, 0.6) is 11.5 Å². The summed E-state index contributed by atoms with van der Waals surface area (Å²) in [5, 5.41) is 3.30. The van der Waals surface area contributed by atoms with Gasteiger partial charge in [-0.1, -0.05) is 29.5 Å². The van der Waals surface area contributed by atoms with Crippen LogP contribution in [0.25, 0.3) is 10.2 Å². The predicted octanol–water partition coefficient (Wildman–Crippen LogP) is 5.24. The molecule has 0 spiro atoms. The quantitative estimate of drug-likeness (QED) is 0.546. The molecule has 124 valence electrons. The summed E-state index contributed by atoms with van der Waals surface area (Å²) < 4.78 is 12.0. The summed E-state index contributed by atoms with van der Waals surface area (Å²) in [5.74, 6) is 1.49. The molecular weight excluding hydrogens is 336 g/mol. The number of para-hydroxylation sites is 1. The molecule has 4 aromatic rings. The van der Waals surface area contributed by atoms with Crippen molar-refractivity contribution < 1.29 is 13.9 Å². The fraction of sp³-hybridized carbons (Fsp3) is 0.0526. The first kappa shape index (κ1) is 15.4. The monoisotopic (exact) mass is 350 g/mol. The Kier molecular flexibility index (Phi) is 3.95. The molecule has 0 bridgehead atoms. The number of hydrogen-bond donors (Lipinski definition) is 1. The highest BCUT2D eigenvalue weighted by atomic mass is 32.1. The number of anilines is 1. The maximum atomic E-state index is 12.2. The second kappa shape index (κ2) is 6.41. The van der Waals surface area contributed by atoms with Gasteiger partial charge in [-0.3, -0.25) is 10.1 Å². The number of hydrogen-bond acceptors (Lipinski definition) is 5. The predicted molar refractivity (Wildman–Crippen MR) is 97.5 cm³/mol. The summed E-state index contributed by atoms with van der Waals surface area (Å²) in [4.78, 5) is 16.6. The highest BCUT2D eigenvalue weighted by Gasteiger charge is 2.15. The van der Waals surface area contributed by atoms with Gasteiger partial charge in [-0.05, 0) is 37.3 Å². The molecule has 0 unspecified atom stereocenters. The number of ether oxygens (including phenoxy) is 1. The number of thiazole rings is 1. The summed E-state index contributed by atoms with van der Waals surface area (Å²) in [6, 6.07) is 17.0. The molecule has 1 N–H and O–H groups in total. The zero-order chi connectivity index (χ0) is 17.2. The first-order valence-corrected chi connectivity index (χ1v) is 8.49. The highest BCUT2D eigenvalue weighted by Crippen LogP contribution is 2.31. The largest absolute Gasteiger partial charge is 0.459 e. The molecule has 2 heterocycles. The van der Waals surface area contributed by atoms with Crippen LogP contribution >= 0.6 is 11.3 Å². The number of rotatable bonds is 4. The average Bonchev–Trinajstić information content (AvgIpc) is 3.21. The zero-order valence-corrected chi connectivity index (χ0v) is 14.2. The van der Waals surface area contributed by atoms with Crippen molar-refractivity contribution in [3.05, 3.63) is 72.2 Å². The van der Waals surface area contributed by atoms with Gasteiger partial charge in [0.25, 0.3) is 5.91 Å². The maximum absolute atomic E-state index is 12.2. The van der Waals surface area contributed by atoms with Crippen molar-refractivity contribution in [3.8, 4) is 11.5 Å². The molecule has 1 amide bonds. The van der Waals surface area contributed by atoms with E-state index in [4.69, 9.17) is 9.15 Å². The van der Waals surface area contributed by atoms with E-state index in [1.165, 1.54) is 17.6 Å². The number of furan rings is 1. The molecule has 2 aromatic carbocycles. The standard InChI is InChI=1S/C19H14N2O3S/c1-12-9-10-23-17(12)18(22)21-19-20-15-8-7-14(11-16(15)25-19)24-13-5-3-2-4-6-13/h2-11H,1H3,(H,20,21,22). The summed E-state index contributed by atoms with van der Waals surface area (Å²) in [6.45, 7) is 1.82. The van der Waals surface area contributed by atoms with E-state index in [0.717, 1.165) is 27.3 Å². The molecule has 6 heteroatoms. The second-order valence-electron chi connectivity index (χ2n) is 5.45. The Balaban J connectivity index is 1.56. The minimum atomic E-state index is -0.303. The summed E-state index contributed by atoms with van der Waals surface area (Å²) in [7, 11) is 0. The molecule has 0 aliphatic rings. The van der Waals surface area contributed by atoms with Crippen LogP contribution in [-0.4, -0.2) is 10.9 Å². The molecule has 4 rings (SSSR count). The van der Waals surface area contributed by atoms with Gasteiger partial charge in [0.2, 0.25) is 0 Å². The van der Waals surface area contributed by atoms with Crippen molar-refractivity contribution in [2.45, 2.75) is 6.92 Å². The van der Waals surface area contributed by atoms with E-state index < -0.39 is 0 Å². The summed E-state index contributed by atoms with van der Waals surface area (Å²) >= 11 is 1.39. The smallest absolute Gasteiger partial charge is 0.293 e. The fourth-order valence-corrected chi connectivity index (χ4v) is 3.30. The first-order chi connectivity index (χ1) is 12.2. The third-order valence-corrected chi connectivity index (χ3v) is 4.56. The molecule has 0 fully saturated rings. The molecule has 0 saturated carbocycles. The van der Waals surface area contributed by atoms with Gasteiger partial charge in [-0.15, -0.1) is 0 Å². The van der Waals surface area contributed by atoms with Gasteiger partial charge in [0.15, 0.2) is 10.9 Å². The molecule has 0 aliphatic heterocycles. The Labute approximate surface area is 147 Å². The van der Waals surface area contributed by atoms with Crippen LogP contribution in [0.2, 0.25) is 0 Å². The van der Waals surface area contributed by atoms with Gasteiger partial charge in [-0.2, -0.15) is 0 Å². The average molecular weight is 350 g/mol. The van der Waals surface area contributed by atoms with Crippen LogP contribution in [0.3, 0.4) is 0 Å². The van der Waals surface area contributed by atoms with Crippen LogP contribution < -0.4 is 10.1 Å². The van der Waals surface area contributed by atoms with E-state index in [2.05, 4.69) is 10.3 Å². The van der Waals surface area contributed by atoms with Crippen molar-refractivity contribution in [1.29, 1.82) is 0 Å². The van der Waals surface area contributed by atoms with Gasteiger partial charge in [0.05, 0.1) is 16.5 Å². The number of fused-ring (bicyclic) bond motifs is 1. The fourth-order valence-electron chi connectivity index (χ4n) is 2.41. The number of aromatic nitrogens is 1. The summed E-state index contributed by atoms with van der Waals surface area (Å²) in [6.07, 6.45) is 1.50. The number of carbonyl (C=O) groups excluding carboxylic acids is 1. The zero-order valence-electron chi connectivity index (χ0n) is 13.4. The lowest BCUT2D eigenvalue weighted by atomic mass is 10.3. The Hall–Kier alpha value is -3.12. The highest BCUT2D eigenvalue weighted by molar-refractivity contribution is 7.22. The van der Waals surface area contributed by atoms with Gasteiger partial charge < -0.3 is 9.15 Å². The number of aryl methyl sites for hydroxylation is 1. The van der Waals surface area contributed by atoms with Crippen LogP contribution in [-0.2, 0) is 0 Å². The Morgan fingerprint density at radius 3 is 2.72 bits per heavy atom. The van der Waals surface area contributed by atoms with E-state index in [1.807, 2.05) is 55.5 Å². The SMILES string of the molecule is Cc1ccoc1C(=O)Nc1nc2ccc(Oc3ccccc3)cc2s1. The van der Waals surface area contributed by atoms with E-state index >= 15 is 0 Å². The number of nitrogens with zero attached hydrogens (tertiary/aromatic N) is 1. The minimum Gasteiger partial charge on any atom is -0.459 e. The molecule has 2 aromatic heterocycles. The topological polar surface area (TPSA) is 64.4 Å². The van der Waals surface area contributed by atoms with Crippen molar-refractivity contribution >= 4 is 32.6 Å². The summed E-state index contributed by atoms with van der Waals surface area (Å²) in [5.41, 5.74) is 1.59. The van der Waals surface area contributed by atoms with Crippen LogP contribution in [0, 0.1) is 6.92 Å². The molecule has 5 nitrogen and oxygen atoms in total. The first-order valence-electron chi connectivity index (χ1n) is 7.68. The van der Waals surface area contributed by atoms with E-state index in [-0.39, 0.29) is 5.91 Å². The maximum Gasteiger partial charge on any atom is 0.293 e. The van der Waals surface area contributed by atoms with Gasteiger partial charge in [0.1, 0.15) is 11.5 Å². The third kappa shape index (κ3) is 3.25. The van der Waals surface area contributed by atoms with Crippen LogP contribution in [0.1, 0.15) is 16.1 Å². The Morgan fingerprint density at radius 1 is 1.12 bits per heavy atom. The lowest BCUT2D eigenvalue weighted by molar-refractivity contribution is 0.0996. The molecule has 25 heavy (non-hydrogen) atoms. The van der Waals surface area contributed by atoms with Crippen molar-refractivity contribution in [1.82, 2.24) is 4.98 Å². The normalized spacial score (nSPS) is 10.8. The van der Waals surface area contributed by atoms with Gasteiger partial charge in [0, 0.05) is 11.6 Å². The molecule has 0 atom stereocenters. The number of amides is 1. The van der Waals surface area contributed by atoms with Crippen molar-refractivity contribution in [2.24, 2.45) is 0 Å². The number of benzene rings is 2.